The van der Waals surface area contributed by atoms with Crippen LogP contribution >= 0.6 is 0 Å². The van der Waals surface area contributed by atoms with Gasteiger partial charge in [0.05, 0.1) is 17.5 Å². The molecule has 0 unspecified atom stereocenters. The highest BCUT2D eigenvalue weighted by molar-refractivity contribution is 6.13. The van der Waals surface area contributed by atoms with Crippen LogP contribution in [0.1, 0.15) is 44.9 Å². The lowest BCUT2D eigenvalue weighted by molar-refractivity contribution is 0.242. The molecule has 0 radical (unpaired) electrons. The third kappa shape index (κ3) is 4.92. The van der Waals surface area contributed by atoms with Crippen LogP contribution in [0.3, 0.4) is 0 Å². The van der Waals surface area contributed by atoms with Gasteiger partial charge in [0.25, 0.3) is 0 Å². The lowest BCUT2D eigenvalue weighted by atomic mass is 10.0. The SMILES string of the molecule is CCCCN(C)c1cc(C(=N)c2cc(OC(C)C)ccc2N)ncn1. The van der Waals surface area contributed by atoms with Crippen LogP contribution in [0.5, 0.6) is 5.75 Å². The minimum Gasteiger partial charge on any atom is -0.491 e. The summed E-state index contributed by atoms with van der Waals surface area (Å²) in [6.45, 7) is 7.00. The maximum atomic E-state index is 8.52. The minimum absolute atomic E-state index is 0.0588. The Bertz CT molecular complexity index is 730. The van der Waals surface area contributed by atoms with Crippen molar-refractivity contribution in [2.24, 2.45) is 0 Å². The molecule has 0 atom stereocenters. The lowest BCUT2D eigenvalue weighted by Gasteiger charge is -2.18. The molecule has 0 aliphatic carbocycles. The van der Waals surface area contributed by atoms with Crippen LogP contribution in [0.25, 0.3) is 0 Å². The fraction of sp³-hybridized carbons (Fsp3) is 0.421. The first-order valence-electron chi connectivity index (χ1n) is 8.61. The Morgan fingerprint density at radius 1 is 1.28 bits per heavy atom. The molecule has 1 heterocycles. The van der Waals surface area contributed by atoms with Gasteiger partial charge in [-0.1, -0.05) is 13.3 Å². The van der Waals surface area contributed by atoms with E-state index in [0.29, 0.717) is 22.7 Å². The average molecular weight is 341 g/mol. The first kappa shape index (κ1) is 18.7. The van der Waals surface area contributed by atoms with E-state index in [9.17, 15) is 0 Å². The van der Waals surface area contributed by atoms with Crippen LogP contribution in [0.15, 0.2) is 30.6 Å². The molecule has 1 aromatic heterocycles. The van der Waals surface area contributed by atoms with Crippen molar-refractivity contribution in [1.82, 2.24) is 9.97 Å². The molecule has 0 saturated heterocycles. The van der Waals surface area contributed by atoms with Gasteiger partial charge in [0.1, 0.15) is 17.9 Å². The van der Waals surface area contributed by atoms with E-state index in [1.807, 2.05) is 33.0 Å². The zero-order chi connectivity index (χ0) is 18.4. The topological polar surface area (TPSA) is 88.1 Å². The molecule has 0 aliphatic rings. The van der Waals surface area contributed by atoms with Gasteiger partial charge >= 0.3 is 0 Å². The summed E-state index contributed by atoms with van der Waals surface area (Å²) in [5.74, 6) is 1.50. The zero-order valence-corrected chi connectivity index (χ0v) is 15.4. The molecular weight excluding hydrogens is 314 g/mol. The Hall–Kier alpha value is -2.63. The standard InChI is InChI=1S/C19H27N5O/c1-5-6-9-24(4)18-11-17(22-12-23-18)19(21)15-10-14(25-13(2)3)7-8-16(15)20/h7-8,10-13,21H,5-6,9,20H2,1-4H3. The van der Waals surface area contributed by atoms with Crippen LogP contribution in [0.2, 0.25) is 0 Å². The van der Waals surface area contributed by atoms with E-state index in [1.54, 1.807) is 12.1 Å². The first-order valence-corrected chi connectivity index (χ1v) is 8.61. The van der Waals surface area contributed by atoms with Crippen LogP contribution in [0.4, 0.5) is 11.5 Å². The molecular formula is C19H27N5O. The summed E-state index contributed by atoms with van der Waals surface area (Å²) in [6.07, 6.45) is 3.77. The van der Waals surface area contributed by atoms with Crippen molar-refractivity contribution < 1.29 is 4.74 Å². The molecule has 0 spiro atoms. The molecule has 0 saturated carbocycles. The van der Waals surface area contributed by atoms with Gasteiger partial charge in [-0.2, -0.15) is 0 Å². The molecule has 1 aromatic carbocycles. The van der Waals surface area contributed by atoms with E-state index in [0.717, 1.165) is 25.2 Å². The van der Waals surface area contributed by atoms with Crippen molar-refractivity contribution in [1.29, 1.82) is 5.41 Å². The highest BCUT2D eigenvalue weighted by Gasteiger charge is 2.14. The normalized spacial score (nSPS) is 10.8. The number of hydrogen-bond donors (Lipinski definition) is 2. The van der Waals surface area contributed by atoms with E-state index in [-0.39, 0.29) is 11.8 Å². The number of aromatic nitrogens is 2. The molecule has 0 amide bonds. The number of hydrogen-bond acceptors (Lipinski definition) is 6. The molecule has 2 aromatic rings. The molecule has 0 aliphatic heterocycles. The number of nitrogens with zero attached hydrogens (tertiary/aromatic N) is 3. The Balaban J connectivity index is 2.28. The van der Waals surface area contributed by atoms with E-state index in [2.05, 4.69) is 21.8 Å². The number of rotatable bonds is 8. The summed E-state index contributed by atoms with van der Waals surface area (Å²) < 4.78 is 5.71. The van der Waals surface area contributed by atoms with E-state index in [1.165, 1.54) is 6.33 Å². The van der Waals surface area contributed by atoms with Crippen molar-refractivity contribution in [3.63, 3.8) is 0 Å². The second-order valence-electron chi connectivity index (χ2n) is 6.33. The molecule has 6 heteroatoms. The third-order valence-corrected chi connectivity index (χ3v) is 3.81. The van der Waals surface area contributed by atoms with Gasteiger partial charge in [0.2, 0.25) is 0 Å². The van der Waals surface area contributed by atoms with Gasteiger partial charge in [-0.05, 0) is 38.5 Å². The van der Waals surface area contributed by atoms with Gasteiger partial charge in [-0.3, -0.25) is 5.41 Å². The van der Waals surface area contributed by atoms with Crippen molar-refractivity contribution in [2.75, 3.05) is 24.2 Å². The third-order valence-electron chi connectivity index (χ3n) is 3.81. The fourth-order valence-electron chi connectivity index (χ4n) is 2.44. The van der Waals surface area contributed by atoms with Gasteiger partial charge in [0, 0.05) is 30.9 Å². The first-order chi connectivity index (χ1) is 11.9. The number of ether oxygens (including phenoxy) is 1. The summed E-state index contributed by atoms with van der Waals surface area (Å²) in [7, 11) is 2.00. The van der Waals surface area contributed by atoms with Gasteiger partial charge in [0.15, 0.2) is 0 Å². The average Bonchev–Trinajstić information content (AvgIpc) is 2.60. The predicted octanol–water partition coefficient (Wildman–Crippen LogP) is 3.50. The quantitative estimate of drug-likeness (QED) is 0.567. The highest BCUT2D eigenvalue weighted by atomic mass is 16.5. The number of unbranched alkanes of at least 4 members (excludes halogenated alkanes) is 1. The fourth-order valence-corrected chi connectivity index (χ4v) is 2.44. The van der Waals surface area contributed by atoms with Crippen molar-refractivity contribution in [3.05, 3.63) is 41.9 Å². The molecule has 3 N–H and O–H groups in total. The van der Waals surface area contributed by atoms with Gasteiger partial charge in [-0.15, -0.1) is 0 Å². The smallest absolute Gasteiger partial charge is 0.132 e. The second kappa shape index (κ2) is 8.46. The second-order valence-corrected chi connectivity index (χ2v) is 6.33. The zero-order valence-electron chi connectivity index (χ0n) is 15.4. The van der Waals surface area contributed by atoms with Crippen molar-refractivity contribution in [3.8, 4) is 5.75 Å². The Kier molecular flexibility index (Phi) is 6.33. The number of nitrogens with two attached hydrogens (primary N) is 1. The Morgan fingerprint density at radius 3 is 2.72 bits per heavy atom. The summed E-state index contributed by atoms with van der Waals surface area (Å²) in [4.78, 5) is 10.6. The predicted molar refractivity (Wildman–Crippen MR) is 103 cm³/mol. The maximum absolute atomic E-state index is 8.52. The minimum atomic E-state index is 0.0588. The maximum Gasteiger partial charge on any atom is 0.132 e. The molecule has 0 bridgehead atoms. The summed E-state index contributed by atoms with van der Waals surface area (Å²) in [5.41, 5.74) is 8.02. The summed E-state index contributed by atoms with van der Waals surface area (Å²) >= 11 is 0. The lowest BCUT2D eigenvalue weighted by Crippen LogP contribution is -2.20. The van der Waals surface area contributed by atoms with Crippen LogP contribution < -0.4 is 15.4 Å². The van der Waals surface area contributed by atoms with E-state index < -0.39 is 0 Å². The van der Waals surface area contributed by atoms with Crippen LogP contribution in [0, 0.1) is 5.41 Å². The highest BCUT2D eigenvalue weighted by Crippen LogP contribution is 2.23. The van der Waals surface area contributed by atoms with E-state index in [4.69, 9.17) is 15.9 Å². The van der Waals surface area contributed by atoms with Gasteiger partial charge in [-0.25, -0.2) is 9.97 Å². The molecule has 2 rings (SSSR count). The Morgan fingerprint density at radius 2 is 2.04 bits per heavy atom. The van der Waals surface area contributed by atoms with Crippen LogP contribution in [-0.2, 0) is 0 Å². The number of nitrogens with one attached hydrogen (secondary N) is 1. The van der Waals surface area contributed by atoms with Gasteiger partial charge < -0.3 is 15.4 Å². The van der Waals surface area contributed by atoms with E-state index >= 15 is 0 Å². The molecule has 0 fully saturated rings. The Labute approximate surface area is 149 Å². The number of nitrogen functional groups attached to an aromatic ring is 1. The molecule has 6 nitrogen and oxygen atoms in total. The number of anilines is 2. The van der Waals surface area contributed by atoms with Crippen molar-refractivity contribution >= 4 is 17.2 Å². The largest absolute Gasteiger partial charge is 0.491 e. The monoisotopic (exact) mass is 341 g/mol. The molecule has 134 valence electrons. The van der Waals surface area contributed by atoms with Crippen LogP contribution in [-0.4, -0.2) is 35.4 Å². The summed E-state index contributed by atoms with van der Waals surface area (Å²) in [5, 5.41) is 8.52. The molecule has 25 heavy (non-hydrogen) atoms. The van der Waals surface area contributed by atoms with Crippen molar-refractivity contribution in [2.45, 2.75) is 39.7 Å². The number of benzene rings is 1. The summed E-state index contributed by atoms with van der Waals surface area (Å²) in [6, 6.07) is 7.20.